The zero-order chi connectivity index (χ0) is 19.3. The van der Waals surface area contributed by atoms with E-state index in [1.807, 2.05) is 39.8 Å². The molecule has 0 bridgehead atoms. The molecule has 0 aliphatic heterocycles. The molecule has 0 radical (unpaired) electrons. The van der Waals surface area contributed by atoms with Gasteiger partial charge in [-0.2, -0.15) is 0 Å². The first-order valence-corrected chi connectivity index (χ1v) is 10.2. The normalized spacial score (nSPS) is 24.9. The van der Waals surface area contributed by atoms with Gasteiger partial charge in [-0.15, -0.1) is 0 Å². The number of pyridine rings is 1. The van der Waals surface area contributed by atoms with Crippen molar-refractivity contribution in [1.29, 1.82) is 0 Å². The van der Waals surface area contributed by atoms with Crippen LogP contribution in [0.3, 0.4) is 0 Å². The molecule has 1 saturated carbocycles. The first kappa shape index (κ1) is 23.6. The minimum atomic E-state index is -0.0401. The third-order valence-electron chi connectivity index (χ3n) is 4.53. The van der Waals surface area contributed by atoms with Crippen LogP contribution in [0.1, 0.15) is 86.1 Å². The lowest BCUT2D eigenvalue weighted by molar-refractivity contribution is -0.123. The Labute approximate surface area is 156 Å². The van der Waals surface area contributed by atoms with Gasteiger partial charge in [0.05, 0.1) is 6.42 Å². The molecule has 1 amide bonds. The molecule has 3 heteroatoms. The van der Waals surface area contributed by atoms with Crippen LogP contribution in [0.25, 0.3) is 0 Å². The van der Waals surface area contributed by atoms with Crippen LogP contribution in [0.4, 0.5) is 0 Å². The number of carbonyl (C=O) groups excluding carboxylic acids is 1. The smallest absolute Gasteiger partial charge is 0.224 e. The molecule has 1 aromatic rings. The monoisotopic (exact) mass is 348 g/mol. The molecular weight excluding hydrogens is 308 g/mol. The number of aromatic nitrogens is 1. The summed E-state index contributed by atoms with van der Waals surface area (Å²) in [5.41, 5.74) is 0.988. The molecule has 1 heterocycles. The number of amides is 1. The average molecular weight is 349 g/mol. The molecule has 0 saturated heterocycles. The lowest BCUT2D eigenvalue weighted by Crippen LogP contribution is -2.51. The van der Waals surface area contributed by atoms with Crippen LogP contribution in [0, 0.1) is 11.8 Å². The molecule has 1 aliphatic carbocycles. The second kappa shape index (κ2) is 12.9. The third-order valence-corrected chi connectivity index (χ3v) is 4.53. The molecule has 1 aromatic heterocycles. The van der Waals surface area contributed by atoms with Crippen molar-refractivity contribution in [3.63, 3.8) is 0 Å². The number of hydrogen-bond donors (Lipinski definition) is 1. The van der Waals surface area contributed by atoms with Crippen LogP contribution in [-0.4, -0.2) is 16.4 Å². The Hall–Kier alpha value is -1.38. The van der Waals surface area contributed by atoms with Gasteiger partial charge in [0, 0.05) is 17.9 Å². The number of carbonyl (C=O) groups is 1. The summed E-state index contributed by atoms with van der Waals surface area (Å²) < 4.78 is 0. The highest BCUT2D eigenvalue weighted by molar-refractivity contribution is 5.79. The van der Waals surface area contributed by atoms with Gasteiger partial charge < -0.3 is 5.32 Å². The van der Waals surface area contributed by atoms with Crippen molar-refractivity contribution < 1.29 is 4.79 Å². The molecule has 25 heavy (non-hydrogen) atoms. The minimum absolute atomic E-state index is 0.0401. The topological polar surface area (TPSA) is 42.0 Å². The number of nitrogens with one attached hydrogen (secondary N) is 1. The molecule has 1 N–H and O–H groups in total. The molecule has 0 aromatic carbocycles. The van der Waals surface area contributed by atoms with E-state index in [1.54, 1.807) is 12.4 Å². The van der Waals surface area contributed by atoms with Gasteiger partial charge in [0.2, 0.25) is 5.91 Å². The summed E-state index contributed by atoms with van der Waals surface area (Å²) in [5.74, 6) is 1.58. The lowest BCUT2D eigenvalue weighted by Gasteiger charge is -2.42. The van der Waals surface area contributed by atoms with Crippen LogP contribution in [0.5, 0.6) is 0 Å². The molecular formula is C22H40N2O. The van der Waals surface area contributed by atoms with Crippen molar-refractivity contribution in [2.24, 2.45) is 11.8 Å². The van der Waals surface area contributed by atoms with Crippen molar-refractivity contribution in [2.75, 3.05) is 0 Å². The van der Waals surface area contributed by atoms with Gasteiger partial charge in [-0.25, -0.2) is 0 Å². The summed E-state index contributed by atoms with van der Waals surface area (Å²) in [6.45, 7) is 14.8. The highest BCUT2D eigenvalue weighted by Gasteiger charge is 2.36. The van der Waals surface area contributed by atoms with Crippen molar-refractivity contribution >= 4 is 5.91 Å². The molecule has 0 spiro atoms. The van der Waals surface area contributed by atoms with Gasteiger partial charge in [-0.1, -0.05) is 54.4 Å². The summed E-state index contributed by atoms with van der Waals surface area (Å²) in [5, 5.41) is 3.30. The maximum Gasteiger partial charge on any atom is 0.224 e. The molecule has 1 aliphatic rings. The molecule has 3 unspecified atom stereocenters. The second-order valence-electron chi connectivity index (χ2n) is 7.04. The fourth-order valence-corrected chi connectivity index (χ4v) is 4.02. The highest BCUT2D eigenvalue weighted by atomic mass is 16.1. The standard InChI is InChI=1S/C18H28N2O.2C2H6/c1-4-5-16-10-14(2)12-18(3,13-16)20-17(21)11-15-6-8-19-9-7-15;2*1-2/h6-9,14,16H,4-5,10-13H2,1-3H3,(H,20,21);2*1-2H3. The first-order chi connectivity index (χ1) is 12.0. The number of nitrogens with zero attached hydrogens (tertiary/aromatic N) is 1. The van der Waals surface area contributed by atoms with Gasteiger partial charge in [0.1, 0.15) is 0 Å². The van der Waals surface area contributed by atoms with E-state index in [1.165, 1.54) is 19.3 Å². The van der Waals surface area contributed by atoms with Crippen LogP contribution < -0.4 is 5.32 Å². The average Bonchev–Trinajstić information content (AvgIpc) is 2.58. The summed E-state index contributed by atoms with van der Waals surface area (Å²) in [6, 6.07) is 3.82. The maximum absolute atomic E-state index is 12.3. The quantitative estimate of drug-likeness (QED) is 0.732. The van der Waals surface area contributed by atoms with Crippen LogP contribution >= 0.6 is 0 Å². The molecule has 144 valence electrons. The summed E-state index contributed by atoms with van der Waals surface area (Å²) >= 11 is 0. The Kier molecular flexibility index (Phi) is 12.2. The lowest BCUT2D eigenvalue weighted by atomic mass is 9.70. The van der Waals surface area contributed by atoms with E-state index in [-0.39, 0.29) is 11.4 Å². The van der Waals surface area contributed by atoms with E-state index in [0.717, 1.165) is 24.3 Å². The molecule has 3 nitrogen and oxygen atoms in total. The van der Waals surface area contributed by atoms with Gasteiger partial charge >= 0.3 is 0 Å². The van der Waals surface area contributed by atoms with E-state index in [4.69, 9.17) is 0 Å². The van der Waals surface area contributed by atoms with E-state index in [2.05, 4.69) is 31.1 Å². The fraction of sp³-hybridized carbons (Fsp3) is 0.727. The minimum Gasteiger partial charge on any atom is -0.351 e. The summed E-state index contributed by atoms with van der Waals surface area (Å²) in [6.07, 6.45) is 9.96. The second-order valence-corrected chi connectivity index (χ2v) is 7.04. The SMILES string of the molecule is CC.CC.CCCC1CC(C)CC(C)(NC(=O)Cc2ccncc2)C1. The predicted octanol–water partition coefficient (Wildman–Crippen LogP) is 5.79. The van der Waals surface area contributed by atoms with Gasteiger partial charge in [0.25, 0.3) is 0 Å². The van der Waals surface area contributed by atoms with Crippen molar-refractivity contribution in [1.82, 2.24) is 10.3 Å². The molecule has 1 fully saturated rings. The van der Waals surface area contributed by atoms with Gasteiger partial charge in [0.15, 0.2) is 0 Å². The van der Waals surface area contributed by atoms with Gasteiger partial charge in [-0.05, 0) is 55.7 Å². The first-order valence-electron chi connectivity index (χ1n) is 10.2. The Morgan fingerprint density at radius 2 is 1.80 bits per heavy atom. The van der Waals surface area contributed by atoms with Crippen molar-refractivity contribution in [3.8, 4) is 0 Å². The van der Waals surface area contributed by atoms with Crippen LogP contribution in [0.15, 0.2) is 24.5 Å². The zero-order valence-electron chi connectivity index (χ0n) is 17.6. The zero-order valence-corrected chi connectivity index (χ0v) is 17.6. The Morgan fingerprint density at radius 3 is 2.36 bits per heavy atom. The molecule has 2 rings (SSSR count). The van der Waals surface area contributed by atoms with Crippen LogP contribution in [0.2, 0.25) is 0 Å². The van der Waals surface area contributed by atoms with Crippen molar-refractivity contribution in [3.05, 3.63) is 30.1 Å². The number of hydrogen-bond acceptors (Lipinski definition) is 2. The van der Waals surface area contributed by atoms with Crippen molar-refractivity contribution in [2.45, 2.75) is 92.5 Å². The number of rotatable bonds is 5. The largest absolute Gasteiger partial charge is 0.351 e. The third kappa shape index (κ3) is 9.04. The predicted molar refractivity (Wildman–Crippen MR) is 109 cm³/mol. The Balaban J connectivity index is 0.00000134. The highest BCUT2D eigenvalue weighted by Crippen LogP contribution is 2.38. The van der Waals surface area contributed by atoms with E-state index in [9.17, 15) is 4.79 Å². The Bertz CT molecular complexity index is 460. The van der Waals surface area contributed by atoms with E-state index < -0.39 is 0 Å². The maximum atomic E-state index is 12.3. The van der Waals surface area contributed by atoms with E-state index in [0.29, 0.717) is 12.3 Å². The summed E-state index contributed by atoms with van der Waals surface area (Å²) in [7, 11) is 0. The fourth-order valence-electron chi connectivity index (χ4n) is 4.02. The molecule has 3 atom stereocenters. The van der Waals surface area contributed by atoms with Crippen LogP contribution in [-0.2, 0) is 11.2 Å². The van der Waals surface area contributed by atoms with E-state index >= 15 is 0 Å². The Morgan fingerprint density at radius 1 is 1.20 bits per heavy atom. The summed E-state index contributed by atoms with van der Waals surface area (Å²) in [4.78, 5) is 16.3. The van der Waals surface area contributed by atoms with Gasteiger partial charge in [-0.3, -0.25) is 9.78 Å².